The maximum absolute atomic E-state index is 6.00. The van der Waals surface area contributed by atoms with Crippen LogP contribution < -0.4 is 0 Å². The molecule has 0 N–H and O–H groups in total. The Labute approximate surface area is 127 Å². The summed E-state index contributed by atoms with van der Waals surface area (Å²) in [6, 6.07) is 6.40. The van der Waals surface area contributed by atoms with Crippen LogP contribution in [0.25, 0.3) is 11.0 Å². The summed E-state index contributed by atoms with van der Waals surface area (Å²) < 4.78 is 3.49. The SMILES string of the molecule is CCCCCCn1c(CCl)nc2cc(I)ccc21. The van der Waals surface area contributed by atoms with Crippen molar-refractivity contribution in [2.75, 3.05) is 0 Å². The molecule has 0 unspecified atom stereocenters. The standard InChI is InChI=1S/C14H18ClIN2/c1-2-3-4-5-8-18-13-7-6-11(16)9-12(13)17-14(18)10-15/h6-7,9H,2-5,8,10H2,1H3. The fourth-order valence-electron chi connectivity index (χ4n) is 2.20. The zero-order valence-corrected chi connectivity index (χ0v) is 13.5. The molecule has 4 heteroatoms. The van der Waals surface area contributed by atoms with Crippen molar-refractivity contribution in [1.82, 2.24) is 9.55 Å². The van der Waals surface area contributed by atoms with Crippen LogP contribution in [0.15, 0.2) is 18.2 Å². The van der Waals surface area contributed by atoms with Crippen LogP contribution in [-0.2, 0) is 12.4 Å². The Morgan fingerprint density at radius 2 is 2.11 bits per heavy atom. The largest absolute Gasteiger partial charge is 0.327 e. The maximum atomic E-state index is 6.00. The molecule has 2 aromatic rings. The first-order valence-electron chi connectivity index (χ1n) is 6.47. The summed E-state index contributed by atoms with van der Waals surface area (Å²) in [5.41, 5.74) is 2.27. The molecule has 0 fully saturated rings. The number of aromatic nitrogens is 2. The molecule has 0 aliphatic rings. The highest BCUT2D eigenvalue weighted by molar-refractivity contribution is 14.1. The fraction of sp³-hybridized carbons (Fsp3) is 0.500. The summed E-state index contributed by atoms with van der Waals surface area (Å²) >= 11 is 8.32. The molecule has 0 aliphatic heterocycles. The first-order chi connectivity index (χ1) is 8.76. The van der Waals surface area contributed by atoms with Gasteiger partial charge in [0.05, 0.1) is 16.9 Å². The number of nitrogens with zero attached hydrogens (tertiary/aromatic N) is 2. The zero-order chi connectivity index (χ0) is 13.0. The average Bonchev–Trinajstić information content (AvgIpc) is 2.71. The lowest BCUT2D eigenvalue weighted by atomic mass is 10.2. The Bertz CT molecular complexity index is 522. The molecule has 0 spiro atoms. The summed E-state index contributed by atoms with van der Waals surface area (Å²) in [5.74, 6) is 1.48. The molecule has 1 heterocycles. The van der Waals surface area contributed by atoms with Crippen LogP contribution >= 0.6 is 34.2 Å². The monoisotopic (exact) mass is 376 g/mol. The van der Waals surface area contributed by atoms with Gasteiger partial charge in [-0.25, -0.2) is 4.98 Å². The first kappa shape index (κ1) is 14.1. The molecule has 1 aromatic heterocycles. The predicted molar refractivity (Wildman–Crippen MR) is 86.1 cm³/mol. The van der Waals surface area contributed by atoms with Crippen LogP contribution in [0.4, 0.5) is 0 Å². The second-order valence-electron chi connectivity index (χ2n) is 4.51. The molecule has 98 valence electrons. The van der Waals surface area contributed by atoms with E-state index in [2.05, 4.69) is 57.3 Å². The fourth-order valence-corrected chi connectivity index (χ4v) is 2.88. The number of aryl methyl sites for hydroxylation is 1. The average molecular weight is 377 g/mol. The van der Waals surface area contributed by atoms with Gasteiger partial charge in [0.25, 0.3) is 0 Å². The van der Waals surface area contributed by atoms with Gasteiger partial charge in [0, 0.05) is 10.1 Å². The quantitative estimate of drug-likeness (QED) is 0.396. The number of rotatable bonds is 6. The second kappa shape index (κ2) is 6.75. The molecule has 0 saturated heterocycles. The minimum Gasteiger partial charge on any atom is -0.327 e. The van der Waals surface area contributed by atoms with Gasteiger partial charge in [0.15, 0.2) is 0 Å². The van der Waals surface area contributed by atoms with Gasteiger partial charge in [-0.15, -0.1) is 11.6 Å². The molecular formula is C14H18ClIN2. The summed E-state index contributed by atoms with van der Waals surface area (Å²) in [6.45, 7) is 3.26. The molecule has 0 aliphatic carbocycles. The van der Waals surface area contributed by atoms with Crippen molar-refractivity contribution < 1.29 is 0 Å². The first-order valence-corrected chi connectivity index (χ1v) is 8.08. The number of fused-ring (bicyclic) bond motifs is 1. The summed E-state index contributed by atoms with van der Waals surface area (Å²) in [6.07, 6.45) is 5.06. The van der Waals surface area contributed by atoms with Crippen molar-refractivity contribution in [3.63, 3.8) is 0 Å². The van der Waals surface area contributed by atoms with Crippen LogP contribution in [0.5, 0.6) is 0 Å². The number of alkyl halides is 1. The van der Waals surface area contributed by atoms with Crippen molar-refractivity contribution >= 4 is 45.2 Å². The third-order valence-corrected chi connectivity index (χ3v) is 4.05. The van der Waals surface area contributed by atoms with Crippen LogP contribution in [0.3, 0.4) is 0 Å². The number of hydrogen-bond acceptors (Lipinski definition) is 1. The van der Waals surface area contributed by atoms with Crippen LogP contribution in [0.2, 0.25) is 0 Å². The Balaban J connectivity index is 2.23. The lowest BCUT2D eigenvalue weighted by molar-refractivity contribution is 0.581. The molecule has 18 heavy (non-hydrogen) atoms. The Morgan fingerprint density at radius 3 is 2.83 bits per heavy atom. The van der Waals surface area contributed by atoms with Crippen molar-refractivity contribution in [1.29, 1.82) is 0 Å². The molecular weight excluding hydrogens is 359 g/mol. The summed E-state index contributed by atoms with van der Waals surface area (Å²) in [7, 11) is 0. The van der Waals surface area contributed by atoms with Crippen molar-refractivity contribution in [2.24, 2.45) is 0 Å². The van der Waals surface area contributed by atoms with Gasteiger partial charge in [-0.1, -0.05) is 26.2 Å². The molecule has 0 saturated carbocycles. The van der Waals surface area contributed by atoms with Crippen LogP contribution in [0.1, 0.15) is 38.4 Å². The molecule has 1 aromatic carbocycles. The van der Waals surface area contributed by atoms with Gasteiger partial charge in [-0.3, -0.25) is 0 Å². The van der Waals surface area contributed by atoms with E-state index < -0.39 is 0 Å². The van der Waals surface area contributed by atoms with Gasteiger partial charge in [0.2, 0.25) is 0 Å². The van der Waals surface area contributed by atoms with Gasteiger partial charge < -0.3 is 4.57 Å². The van der Waals surface area contributed by atoms with Gasteiger partial charge in [-0.2, -0.15) is 0 Å². The highest BCUT2D eigenvalue weighted by Gasteiger charge is 2.09. The van der Waals surface area contributed by atoms with E-state index in [9.17, 15) is 0 Å². The number of hydrogen-bond donors (Lipinski definition) is 0. The minimum atomic E-state index is 0.485. The van der Waals surface area contributed by atoms with E-state index in [0.717, 1.165) is 17.9 Å². The third-order valence-electron chi connectivity index (χ3n) is 3.14. The van der Waals surface area contributed by atoms with E-state index in [1.807, 2.05) is 0 Å². The number of halogens is 2. The Hall–Kier alpha value is -0.290. The van der Waals surface area contributed by atoms with E-state index in [4.69, 9.17) is 11.6 Å². The Morgan fingerprint density at radius 1 is 1.28 bits per heavy atom. The number of unbranched alkanes of at least 4 members (excludes halogenated alkanes) is 3. The topological polar surface area (TPSA) is 17.8 Å². The van der Waals surface area contributed by atoms with Crippen molar-refractivity contribution in [3.05, 3.63) is 27.6 Å². The number of imidazole rings is 1. The van der Waals surface area contributed by atoms with Crippen LogP contribution in [0, 0.1) is 3.57 Å². The zero-order valence-electron chi connectivity index (χ0n) is 10.6. The predicted octanol–water partition coefficient (Wildman–Crippen LogP) is 4.96. The summed E-state index contributed by atoms with van der Waals surface area (Å²) in [5, 5.41) is 0. The minimum absolute atomic E-state index is 0.485. The van der Waals surface area contributed by atoms with E-state index in [1.54, 1.807) is 0 Å². The van der Waals surface area contributed by atoms with E-state index in [1.165, 1.54) is 34.8 Å². The van der Waals surface area contributed by atoms with Crippen molar-refractivity contribution in [2.45, 2.75) is 45.0 Å². The highest BCUT2D eigenvalue weighted by atomic mass is 127. The van der Waals surface area contributed by atoms with Gasteiger partial charge in [0.1, 0.15) is 5.82 Å². The molecule has 0 radical (unpaired) electrons. The lowest BCUT2D eigenvalue weighted by Gasteiger charge is -2.07. The van der Waals surface area contributed by atoms with Gasteiger partial charge >= 0.3 is 0 Å². The van der Waals surface area contributed by atoms with E-state index >= 15 is 0 Å². The second-order valence-corrected chi connectivity index (χ2v) is 6.02. The Kier molecular flexibility index (Phi) is 5.30. The smallest absolute Gasteiger partial charge is 0.124 e. The molecule has 0 bridgehead atoms. The highest BCUT2D eigenvalue weighted by Crippen LogP contribution is 2.21. The van der Waals surface area contributed by atoms with E-state index in [-0.39, 0.29) is 0 Å². The van der Waals surface area contributed by atoms with Crippen molar-refractivity contribution in [3.8, 4) is 0 Å². The van der Waals surface area contributed by atoms with Gasteiger partial charge in [-0.05, 0) is 47.2 Å². The lowest BCUT2D eigenvalue weighted by Crippen LogP contribution is -2.02. The third kappa shape index (κ3) is 3.18. The normalized spacial score (nSPS) is 11.3. The van der Waals surface area contributed by atoms with Crippen LogP contribution in [-0.4, -0.2) is 9.55 Å². The molecule has 2 nitrogen and oxygen atoms in total. The maximum Gasteiger partial charge on any atom is 0.124 e. The molecule has 2 rings (SSSR count). The summed E-state index contributed by atoms with van der Waals surface area (Å²) in [4.78, 5) is 4.62. The number of benzene rings is 1. The molecule has 0 atom stereocenters. The molecule has 0 amide bonds. The van der Waals surface area contributed by atoms with E-state index in [0.29, 0.717) is 5.88 Å².